The van der Waals surface area contributed by atoms with Crippen molar-refractivity contribution in [2.75, 3.05) is 6.54 Å². The first-order valence-corrected chi connectivity index (χ1v) is 7.95. The minimum absolute atomic E-state index is 0.0996. The Labute approximate surface area is 124 Å². The van der Waals surface area contributed by atoms with Crippen LogP contribution in [0, 0.1) is 22.5 Å². The Hall–Kier alpha value is -1.51. The summed E-state index contributed by atoms with van der Waals surface area (Å²) in [6, 6.07) is 3.63. The second kappa shape index (κ2) is 6.08. The summed E-state index contributed by atoms with van der Waals surface area (Å²) < 4.78 is 27.5. The maximum absolute atomic E-state index is 12.5. The van der Waals surface area contributed by atoms with Crippen molar-refractivity contribution in [2.45, 2.75) is 38.6 Å². The van der Waals surface area contributed by atoms with Gasteiger partial charge in [0, 0.05) is 18.7 Å². The molecule has 118 valence electrons. The molecule has 0 aliphatic carbocycles. The second-order valence-corrected chi connectivity index (χ2v) is 7.61. The van der Waals surface area contributed by atoms with Crippen LogP contribution in [0.25, 0.3) is 0 Å². The summed E-state index contributed by atoms with van der Waals surface area (Å²) in [5.74, 6) is 0. The molecule has 0 heterocycles. The summed E-state index contributed by atoms with van der Waals surface area (Å²) in [7, 11) is -4.03. The molecule has 21 heavy (non-hydrogen) atoms. The molecule has 0 bridgehead atoms. The van der Waals surface area contributed by atoms with E-state index in [1.807, 2.05) is 20.8 Å². The second-order valence-electron chi connectivity index (χ2n) is 5.96. The molecule has 0 aliphatic heterocycles. The Morgan fingerprint density at radius 3 is 2.38 bits per heavy atom. The molecule has 0 fully saturated rings. The van der Waals surface area contributed by atoms with Crippen LogP contribution >= 0.6 is 0 Å². The number of nitro benzene ring substituents is 1. The van der Waals surface area contributed by atoms with Gasteiger partial charge in [0.2, 0.25) is 10.0 Å². The van der Waals surface area contributed by atoms with Gasteiger partial charge in [-0.3, -0.25) is 10.1 Å². The summed E-state index contributed by atoms with van der Waals surface area (Å²) >= 11 is 0. The topological polar surface area (TPSA) is 115 Å². The molecule has 8 heteroatoms. The summed E-state index contributed by atoms with van der Waals surface area (Å²) in [6.45, 7) is 7.16. The zero-order valence-electron chi connectivity index (χ0n) is 12.6. The highest BCUT2D eigenvalue weighted by molar-refractivity contribution is 7.89. The smallest absolute Gasteiger partial charge is 0.289 e. The quantitative estimate of drug-likeness (QED) is 0.632. The van der Waals surface area contributed by atoms with Gasteiger partial charge < -0.3 is 5.73 Å². The van der Waals surface area contributed by atoms with Crippen LogP contribution in [0.15, 0.2) is 23.1 Å². The molecule has 1 aromatic carbocycles. The first-order chi connectivity index (χ1) is 9.50. The summed E-state index contributed by atoms with van der Waals surface area (Å²) in [5.41, 5.74) is 5.10. The zero-order chi connectivity index (χ0) is 16.4. The van der Waals surface area contributed by atoms with Crippen molar-refractivity contribution in [3.05, 3.63) is 33.9 Å². The predicted molar refractivity (Wildman–Crippen MR) is 80.5 cm³/mol. The first-order valence-electron chi connectivity index (χ1n) is 6.47. The third-order valence-corrected chi connectivity index (χ3v) is 4.90. The number of nitro groups is 1. The highest BCUT2D eigenvalue weighted by Gasteiger charge is 2.33. The van der Waals surface area contributed by atoms with E-state index in [9.17, 15) is 18.5 Å². The van der Waals surface area contributed by atoms with Crippen LogP contribution < -0.4 is 10.5 Å². The summed E-state index contributed by atoms with van der Waals surface area (Å²) in [5, 5.41) is 11.1. The fourth-order valence-corrected chi connectivity index (χ4v) is 3.81. The van der Waals surface area contributed by atoms with E-state index in [0.717, 1.165) is 0 Å². The molecular formula is C13H21N3O4S. The molecular weight excluding hydrogens is 294 g/mol. The van der Waals surface area contributed by atoms with Crippen LogP contribution in [0.1, 0.15) is 26.3 Å². The molecule has 1 rings (SSSR count). The van der Waals surface area contributed by atoms with E-state index >= 15 is 0 Å². The molecule has 0 radical (unpaired) electrons. The lowest BCUT2D eigenvalue weighted by atomic mass is 9.88. The lowest BCUT2D eigenvalue weighted by Crippen LogP contribution is -2.48. The molecule has 3 N–H and O–H groups in total. The van der Waals surface area contributed by atoms with Gasteiger partial charge in [0.15, 0.2) is 4.90 Å². The average molecular weight is 315 g/mol. The number of benzene rings is 1. The highest BCUT2D eigenvalue weighted by Crippen LogP contribution is 2.28. The average Bonchev–Trinajstić information content (AvgIpc) is 2.33. The number of nitrogens with one attached hydrogen (secondary N) is 1. The van der Waals surface area contributed by atoms with E-state index in [4.69, 9.17) is 5.73 Å². The van der Waals surface area contributed by atoms with E-state index in [1.54, 1.807) is 0 Å². The molecule has 1 aromatic rings. The number of rotatable bonds is 5. The number of hydrogen-bond donors (Lipinski definition) is 2. The molecule has 0 saturated heterocycles. The maximum Gasteiger partial charge on any atom is 0.289 e. The maximum atomic E-state index is 12.5. The normalized spacial score (nSPS) is 14.0. The molecule has 0 amide bonds. The lowest BCUT2D eigenvalue weighted by molar-refractivity contribution is -0.387. The van der Waals surface area contributed by atoms with Crippen molar-refractivity contribution < 1.29 is 13.3 Å². The van der Waals surface area contributed by atoms with Gasteiger partial charge in [0.1, 0.15) is 0 Å². The van der Waals surface area contributed by atoms with Crippen LogP contribution in [0.4, 0.5) is 5.69 Å². The molecule has 0 aromatic heterocycles. The van der Waals surface area contributed by atoms with Gasteiger partial charge in [-0.1, -0.05) is 32.9 Å². The molecule has 1 atom stereocenters. The third-order valence-electron chi connectivity index (χ3n) is 3.24. The van der Waals surface area contributed by atoms with E-state index in [1.165, 1.54) is 25.1 Å². The van der Waals surface area contributed by atoms with Crippen LogP contribution in [0.2, 0.25) is 0 Å². The fraction of sp³-hybridized carbons (Fsp3) is 0.538. The number of nitrogens with zero attached hydrogens (tertiary/aromatic N) is 1. The monoisotopic (exact) mass is 315 g/mol. The Balaban J connectivity index is 3.36. The Morgan fingerprint density at radius 1 is 1.38 bits per heavy atom. The van der Waals surface area contributed by atoms with Crippen LogP contribution in [-0.4, -0.2) is 25.9 Å². The van der Waals surface area contributed by atoms with Gasteiger partial charge in [-0.25, -0.2) is 13.1 Å². The summed E-state index contributed by atoms with van der Waals surface area (Å²) in [4.78, 5) is 10.1. The van der Waals surface area contributed by atoms with Gasteiger partial charge >= 0.3 is 0 Å². The first kappa shape index (κ1) is 17.5. The van der Waals surface area contributed by atoms with Crippen molar-refractivity contribution in [2.24, 2.45) is 11.1 Å². The van der Waals surface area contributed by atoms with Crippen molar-refractivity contribution in [3.8, 4) is 0 Å². The largest absolute Gasteiger partial charge is 0.329 e. The van der Waals surface area contributed by atoms with Crippen molar-refractivity contribution in [1.29, 1.82) is 0 Å². The molecule has 7 nitrogen and oxygen atoms in total. The highest BCUT2D eigenvalue weighted by atomic mass is 32.2. The number of nitrogens with two attached hydrogens (primary N) is 1. The predicted octanol–water partition coefficient (Wildman–Crippen LogP) is 1.55. The molecule has 1 unspecified atom stereocenters. The minimum atomic E-state index is -4.03. The number of aryl methyl sites for hydroxylation is 1. The minimum Gasteiger partial charge on any atom is -0.329 e. The Bertz CT molecular complexity index is 635. The van der Waals surface area contributed by atoms with Crippen molar-refractivity contribution >= 4 is 15.7 Å². The third kappa shape index (κ3) is 3.99. The van der Waals surface area contributed by atoms with Crippen LogP contribution in [0.3, 0.4) is 0 Å². The van der Waals surface area contributed by atoms with Gasteiger partial charge in [-0.2, -0.15) is 0 Å². The van der Waals surface area contributed by atoms with E-state index in [0.29, 0.717) is 5.56 Å². The molecule has 0 spiro atoms. The standard InChI is InChI=1S/C13H21N3O4S/c1-9-6-5-7-10(16(17)18)12(9)21(19,20)15-11(8-14)13(2,3)4/h5-7,11,15H,8,14H2,1-4H3. The number of sulfonamides is 1. The van der Waals surface area contributed by atoms with E-state index < -0.39 is 32.1 Å². The van der Waals surface area contributed by atoms with Gasteiger partial charge in [0.05, 0.1) is 4.92 Å². The van der Waals surface area contributed by atoms with E-state index in [2.05, 4.69) is 4.72 Å². The fourth-order valence-electron chi connectivity index (χ4n) is 1.96. The zero-order valence-corrected chi connectivity index (χ0v) is 13.4. The van der Waals surface area contributed by atoms with Crippen molar-refractivity contribution in [3.63, 3.8) is 0 Å². The Kier molecular flexibility index (Phi) is 5.08. The SMILES string of the molecule is Cc1cccc([N+](=O)[O-])c1S(=O)(=O)NC(CN)C(C)(C)C. The van der Waals surface area contributed by atoms with Gasteiger partial charge in [-0.15, -0.1) is 0 Å². The van der Waals surface area contributed by atoms with Crippen LogP contribution in [0.5, 0.6) is 0 Å². The van der Waals surface area contributed by atoms with Crippen LogP contribution in [-0.2, 0) is 10.0 Å². The van der Waals surface area contributed by atoms with Gasteiger partial charge in [-0.05, 0) is 17.9 Å². The van der Waals surface area contributed by atoms with E-state index in [-0.39, 0.29) is 11.4 Å². The van der Waals surface area contributed by atoms with Crippen molar-refractivity contribution in [1.82, 2.24) is 4.72 Å². The van der Waals surface area contributed by atoms with Gasteiger partial charge in [0.25, 0.3) is 5.69 Å². The lowest BCUT2D eigenvalue weighted by Gasteiger charge is -2.30. The molecule has 0 aliphatic rings. The Morgan fingerprint density at radius 2 is 1.95 bits per heavy atom. The number of hydrogen-bond acceptors (Lipinski definition) is 5. The summed E-state index contributed by atoms with van der Waals surface area (Å²) in [6.07, 6.45) is 0. The molecule has 0 saturated carbocycles.